The Morgan fingerprint density at radius 3 is 2.67 bits per heavy atom. The van der Waals surface area contributed by atoms with Gasteiger partial charge < -0.3 is 5.73 Å². The van der Waals surface area contributed by atoms with Gasteiger partial charge in [-0.15, -0.1) is 0 Å². The number of nitrogens with two attached hydrogens (primary N) is 1. The van der Waals surface area contributed by atoms with Crippen LogP contribution in [0.3, 0.4) is 0 Å². The van der Waals surface area contributed by atoms with Crippen LogP contribution in [0.25, 0.3) is 0 Å². The van der Waals surface area contributed by atoms with E-state index in [4.69, 9.17) is 5.73 Å². The number of rotatable bonds is 4. The van der Waals surface area contributed by atoms with Gasteiger partial charge in [-0.25, -0.2) is 0 Å². The zero-order valence-electron chi connectivity index (χ0n) is 11.9. The lowest BCUT2D eigenvalue weighted by Crippen LogP contribution is -2.57. The van der Waals surface area contributed by atoms with Crippen LogP contribution in [0.2, 0.25) is 0 Å². The van der Waals surface area contributed by atoms with Crippen molar-refractivity contribution in [2.24, 2.45) is 23.5 Å². The first-order valence-electron chi connectivity index (χ1n) is 7.68. The van der Waals surface area contributed by atoms with Gasteiger partial charge in [-0.2, -0.15) is 11.8 Å². The molecule has 3 rings (SSSR count). The molecule has 0 aromatic heterocycles. The molecule has 0 radical (unpaired) electrons. The van der Waals surface area contributed by atoms with Crippen LogP contribution in [0.1, 0.15) is 39.0 Å². The second-order valence-corrected chi connectivity index (χ2v) is 8.33. The normalized spacial score (nSPS) is 47.3. The van der Waals surface area contributed by atoms with E-state index in [9.17, 15) is 0 Å². The quantitative estimate of drug-likeness (QED) is 0.850. The summed E-state index contributed by atoms with van der Waals surface area (Å²) >= 11 is 2.11. The Balaban J connectivity index is 1.65. The van der Waals surface area contributed by atoms with E-state index in [0.29, 0.717) is 5.25 Å². The minimum atomic E-state index is 0.284. The molecule has 2 aliphatic carbocycles. The maximum atomic E-state index is 6.16. The lowest BCUT2D eigenvalue weighted by molar-refractivity contribution is 0.0940. The van der Waals surface area contributed by atoms with Gasteiger partial charge in [-0.1, -0.05) is 13.3 Å². The van der Waals surface area contributed by atoms with Gasteiger partial charge in [0.15, 0.2) is 0 Å². The highest BCUT2D eigenvalue weighted by Crippen LogP contribution is 2.49. The maximum absolute atomic E-state index is 6.16. The summed E-state index contributed by atoms with van der Waals surface area (Å²) in [6.07, 6.45) is 7.32. The Hall–Kier alpha value is 0.270. The third-order valence-corrected chi connectivity index (χ3v) is 7.54. The molecule has 2 nitrogen and oxygen atoms in total. The number of nitrogens with zero attached hydrogens (tertiary/aromatic N) is 1. The molecule has 1 heterocycles. The van der Waals surface area contributed by atoms with Crippen LogP contribution in [0.4, 0.5) is 0 Å². The standard InChI is InChI=1S/C15H28N2S/c1-11-15(10-16,5-6-18-11)17(2)9-14-8-12-3-4-13(14)7-12/h11-14H,3-10,16H2,1-2H3. The zero-order chi connectivity index (χ0) is 12.8. The summed E-state index contributed by atoms with van der Waals surface area (Å²) in [7, 11) is 2.33. The van der Waals surface area contributed by atoms with Crippen molar-refractivity contribution in [3.63, 3.8) is 0 Å². The Kier molecular flexibility index (Phi) is 3.68. The highest BCUT2D eigenvalue weighted by atomic mass is 32.2. The lowest BCUT2D eigenvalue weighted by Gasteiger charge is -2.43. The maximum Gasteiger partial charge on any atom is 0.0452 e. The van der Waals surface area contributed by atoms with Gasteiger partial charge in [0.25, 0.3) is 0 Å². The predicted molar refractivity (Wildman–Crippen MR) is 79.9 cm³/mol. The van der Waals surface area contributed by atoms with Crippen LogP contribution >= 0.6 is 11.8 Å². The molecule has 0 amide bonds. The SMILES string of the molecule is CC1SCCC1(CN)N(C)CC1CC2CCC1C2. The number of hydrogen-bond donors (Lipinski definition) is 1. The van der Waals surface area contributed by atoms with Gasteiger partial charge in [0.05, 0.1) is 0 Å². The molecule has 2 N–H and O–H groups in total. The Morgan fingerprint density at radius 1 is 1.33 bits per heavy atom. The summed E-state index contributed by atoms with van der Waals surface area (Å²) in [4.78, 5) is 2.64. The minimum Gasteiger partial charge on any atom is -0.329 e. The molecule has 3 fully saturated rings. The number of hydrogen-bond acceptors (Lipinski definition) is 3. The number of fused-ring (bicyclic) bond motifs is 2. The van der Waals surface area contributed by atoms with Gasteiger partial charge in [0.2, 0.25) is 0 Å². The summed E-state index contributed by atoms with van der Waals surface area (Å²) in [6.45, 7) is 4.50. The van der Waals surface area contributed by atoms with Gasteiger partial charge in [-0.05, 0) is 56.2 Å². The van der Waals surface area contributed by atoms with E-state index >= 15 is 0 Å². The summed E-state index contributed by atoms with van der Waals surface area (Å²) in [5.41, 5.74) is 6.44. The highest BCUT2D eigenvalue weighted by Gasteiger charge is 2.46. The van der Waals surface area contributed by atoms with Gasteiger partial charge in [0, 0.05) is 23.9 Å². The fourth-order valence-electron chi connectivity index (χ4n) is 4.83. The van der Waals surface area contributed by atoms with E-state index in [1.54, 1.807) is 0 Å². The minimum absolute atomic E-state index is 0.284. The van der Waals surface area contributed by atoms with Crippen molar-refractivity contribution in [2.45, 2.75) is 49.8 Å². The van der Waals surface area contributed by atoms with E-state index in [1.165, 1.54) is 44.4 Å². The molecule has 0 aromatic carbocycles. The van der Waals surface area contributed by atoms with Crippen LogP contribution in [0.15, 0.2) is 0 Å². The summed E-state index contributed by atoms with van der Waals surface area (Å²) < 4.78 is 0. The van der Waals surface area contributed by atoms with Crippen molar-refractivity contribution in [1.82, 2.24) is 4.90 Å². The van der Waals surface area contributed by atoms with Gasteiger partial charge in [-0.3, -0.25) is 4.90 Å². The molecule has 2 saturated carbocycles. The predicted octanol–water partition coefficient (Wildman–Crippen LogP) is 2.58. The smallest absolute Gasteiger partial charge is 0.0452 e. The topological polar surface area (TPSA) is 29.3 Å². The van der Waals surface area contributed by atoms with Crippen LogP contribution in [-0.4, -0.2) is 41.6 Å². The second-order valence-electron chi connectivity index (χ2n) is 6.89. The fraction of sp³-hybridized carbons (Fsp3) is 1.00. The first kappa shape index (κ1) is 13.3. The molecule has 3 heteroatoms. The molecule has 5 unspecified atom stereocenters. The molecule has 18 heavy (non-hydrogen) atoms. The average Bonchev–Trinajstić information content (AvgIpc) is 3.04. The van der Waals surface area contributed by atoms with Crippen molar-refractivity contribution in [3.8, 4) is 0 Å². The Bertz CT molecular complexity index is 309. The number of thioether (sulfide) groups is 1. The van der Waals surface area contributed by atoms with Crippen LogP contribution < -0.4 is 5.73 Å². The third-order valence-electron chi connectivity index (χ3n) is 6.17. The van der Waals surface area contributed by atoms with Crippen LogP contribution in [-0.2, 0) is 0 Å². The van der Waals surface area contributed by atoms with E-state index < -0.39 is 0 Å². The number of likely N-dealkylation sites (N-methyl/N-ethyl adjacent to an activating group) is 1. The summed E-state index contributed by atoms with van der Waals surface area (Å²) in [6, 6.07) is 0. The lowest BCUT2D eigenvalue weighted by atomic mass is 9.85. The summed E-state index contributed by atoms with van der Waals surface area (Å²) in [5, 5.41) is 0.700. The van der Waals surface area contributed by atoms with Gasteiger partial charge in [0.1, 0.15) is 0 Å². The molecule has 1 saturated heterocycles. The third kappa shape index (κ3) is 2.03. The molecule has 5 atom stereocenters. The van der Waals surface area contributed by atoms with Crippen molar-refractivity contribution in [3.05, 3.63) is 0 Å². The molecule has 2 bridgehead atoms. The average molecular weight is 268 g/mol. The monoisotopic (exact) mass is 268 g/mol. The summed E-state index contributed by atoms with van der Waals surface area (Å²) in [5.74, 6) is 4.36. The molecule has 0 aromatic rings. The van der Waals surface area contributed by atoms with Crippen molar-refractivity contribution in [2.75, 3.05) is 25.9 Å². The van der Waals surface area contributed by atoms with Crippen LogP contribution in [0.5, 0.6) is 0 Å². The van der Waals surface area contributed by atoms with E-state index in [2.05, 4.69) is 30.6 Å². The van der Waals surface area contributed by atoms with Crippen molar-refractivity contribution >= 4 is 11.8 Å². The highest BCUT2D eigenvalue weighted by molar-refractivity contribution is 8.00. The largest absolute Gasteiger partial charge is 0.329 e. The zero-order valence-corrected chi connectivity index (χ0v) is 12.7. The first-order chi connectivity index (χ1) is 8.65. The molecule has 3 aliphatic rings. The second kappa shape index (κ2) is 4.99. The molecule has 104 valence electrons. The van der Waals surface area contributed by atoms with Crippen LogP contribution in [0, 0.1) is 17.8 Å². The Labute approximate surface area is 116 Å². The first-order valence-corrected chi connectivity index (χ1v) is 8.73. The van der Waals surface area contributed by atoms with Gasteiger partial charge >= 0.3 is 0 Å². The van der Waals surface area contributed by atoms with Crippen molar-refractivity contribution < 1.29 is 0 Å². The van der Waals surface area contributed by atoms with E-state index in [1.807, 2.05) is 0 Å². The molecule has 0 spiro atoms. The molecule has 1 aliphatic heterocycles. The van der Waals surface area contributed by atoms with E-state index in [0.717, 1.165) is 24.3 Å². The molecular formula is C15H28N2S. The Morgan fingerprint density at radius 2 is 2.17 bits per heavy atom. The van der Waals surface area contributed by atoms with Crippen molar-refractivity contribution in [1.29, 1.82) is 0 Å². The van der Waals surface area contributed by atoms with E-state index in [-0.39, 0.29) is 5.54 Å². The fourth-order valence-corrected chi connectivity index (χ4v) is 6.36. The molecular weight excluding hydrogens is 240 g/mol.